The third-order valence-electron chi connectivity index (χ3n) is 2.30. The summed E-state index contributed by atoms with van der Waals surface area (Å²) in [4.78, 5) is 4.10. The highest BCUT2D eigenvalue weighted by molar-refractivity contribution is 6.33. The van der Waals surface area contributed by atoms with Gasteiger partial charge >= 0.3 is 0 Å². The molecule has 0 fully saturated rings. The molecule has 0 aliphatic rings. The number of hydrogen-bond donors (Lipinski definition) is 1. The van der Waals surface area contributed by atoms with Gasteiger partial charge in [0.05, 0.1) is 0 Å². The average molecular weight is 292 g/mol. The molecule has 0 radical (unpaired) electrons. The van der Waals surface area contributed by atoms with Crippen molar-refractivity contribution in [3.05, 3.63) is 53.3 Å². The van der Waals surface area contributed by atoms with E-state index in [1.54, 1.807) is 12.4 Å². The smallest absolute Gasteiger partial charge is 0.0485 e. The van der Waals surface area contributed by atoms with Crippen LogP contribution >= 0.6 is 36.4 Å². The van der Waals surface area contributed by atoms with E-state index >= 15 is 0 Å². The lowest BCUT2D eigenvalue weighted by Gasteiger charge is -2.08. The first kappa shape index (κ1) is 16.2. The van der Waals surface area contributed by atoms with Gasteiger partial charge in [0.25, 0.3) is 0 Å². The molecule has 0 aliphatic heterocycles. The zero-order chi connectivity index (χ0) is 10.7. The second-order valence-electron chi connectivity index (χ2n) is 3.22. The minimum Gasteiger partial charge on any atom is -0.326 e. The maximum atomic E-state index is 6.12. The van der Waals surface area contributed by atoms with Gasteiger partial charge in [0.15, 0.2) is 0 Å². The fourth-order valence-corrected chi connectivity index (χ4v) is 1.76. The van der Waals surface area contributed by atoms with Gasteiger partial charge in [0.2, 0.25) is 0 Å². The Labute approximate surface area is 118 Å². The van der Waals surface area contributed by atoms with Crippen molar-refractivity contribution in [3.63, 3.8) is 0 Å². The summed E-state index contributed by atoms with van der Waals surface area (Å²) < 4.78 is 0. The molecule has 2 N–H and O–H groups in total. The Kier molecular flexibility index (Phi) is 7.16. The van der Waals surface area contributed by atoms with Crippen molar-refractivity contribution >= 4 is 36.4 Å². The maximum absolute atomic E-state index is 6.12. The summed E-state index contributed by atoms with van der Waals surface area (Å²) in [6, 6.07) is 9.61. The summed E-state index contributed by atoms with van der Waals surface area (Å²) >= 11 is 6.12. The predicted molar refractivity (Wildman–Crippen MR) is 77.1 cm³/mol. The number of halogens is 3. The van der Waals surface area contributed by atoms with E-state index in [0.717, 1.165) is 21.7 Å². The van der Waals surface area contributed by atoms with E-state index in [-0.39, 0.29) is 24.8 Å². The van der Waals surface area contributed by atoms with Crippen molar-refractivity contribution < 1.29 is 0 Å². The van der Waals surface area contributed by atoms with Crippen LogP contribution in [0.25, 0.3) is 11.1 Å². The highest BCUT2D eigenvalue weighted by atomic mass is 35.5. The summed E-state index contributed by atoms with van der Waals surface area (Å²) in [7, 11) is 0. The molecule has 0 unspecified atom stereocenters. The number of pyridine rings is 1. The van der Waals surface area contributed by atoms with Crippen molar-refractivity contribution in [1.29, 1.82) is 0 Å². The van der Waals surface area contributed by atoms with Gasteiger partial charge in [-0.15, -0.1) is 24.8 Å². The second-order valence-corrected chi connectivity index (χ2v) is 3.62. The molecule has 0 saturated heterocycles. The summed E-state index contributed by atoms with van der Waals surface area (Å²) in [5.74, 6) is 0. The zero-order valence-corrected chi connectivity index (χ0v) is 11.4. The molecule has 0 amide bonds. The maximum Gasteiger partial charge on any atom is 0.0485 e. The van der Waals surface area contributed by atoms with E-state index in [4.69, 9.17) is 17.3 Å². The number of aromatic nitrogens is 1. The van der Waals surface area contributed by atoms with Crippen LogP contribution in [0.1, 0.15) is 5.56 Å². The molecule has 0 spiro atoms. The zero-order valence-electron chi connectivity index (χ0n) is 8.97. The van der Waals surface area contributed by atoms with Crippen LogP contribution in [0.4, 0.5) is 0 Å². The Morgan fingerprint density at radius 3 is 2.41 bits per heavy atom. The lowest BCUT2D eigenvalue weighted by molar-refractivity contribution is 1.06. The Bertz CT molecular complexity index is 475. The molecule has 1 aromatic carbocycles. The molecule has 17 heavy (non-hydrogen) atoms. The Balaban J connectivity index is 0.00000128. The Hall–Kier alpha value is -0.800. The first-order valence-corrected chi connectivity index (χ1v) is 5.08. The second kappa shape index (κ2) is 7.51. The molecule has 2 aromatic rings. The van der Waals surface area contributed by atoms with E-state index in [0.29, 0.717) is 6.54 Å². The van der Waals surface area contributed by atoms with E-state index in [1.165, 1.54) is 0 Å². The average Bonchev–Trinajstić information content (AvgIpc) is 2.30. The van der Waals surface area contributed by atoms with Crippen molar-refractivity contribution in [2.45, 2.75) is 6.54 Å². The number of hydrogen-bond acceptors (Lipinski definition) is 2. The van der Waals surface area contributed by atoms with Crippen LogP contribution in [-0.4, -0.2) is 4.98 Å². The van der Waals surface area contributed by atoms with Crippen LogP contribution in [0, 0.1) is 0 Å². The standard InChI is InChI=1S/C12H11ClN2.2ClH/c13-12-4-2-1-3-10(12)11-8-15-6-5-9(11)7-14;;/h1-6,8H,7,14H2;2*1H. The molecule has 0 saturated carbocycles. The molecular formula is C12H13Cl3N2. The fourth-order valence-electron chi connectivity index (χ4n) is 1.52. The number of rotatable bonds is 2. The van der Waals surface area contributed by atoms with E-state index in [9.17, 15) is 0 Å². The summed E-state index contributed by atoms with van der Waals surface area (Å²) in [6.07, 6.45) is 3.53. The van der Waals surface area contributed by atoms with E-state index in [2.05, 4.69) is 4.98 Å². The summed E-state index contributed by atoms with van der Waals surface area (Å²) in [6.45, 7) is 0.489. The minimum atomic E-state index is 0. The predicted octanol–water partition coefficient (Wildman–Crippen LogP) is 3.70. The first-order valence-electron chi connectivity index (χ1n) is 4.71. The van der Waals surface area contributed by atoms with Gasteiger partial charge < -0.3 is 5.73 Å². The molecule has 1 heterocycles. The summed E-state index contributed by atoms with van der Waals surface area (Å²) in [5.41, 5.74) is 8.71. The normalized spacial score (nSPS) is 9.06. The SMILES string of the molecule is Cl.Cl.NCc1ccncc1-c1ccccc1Cl. The Morgan fingerprint density at radius 1 is 1.06 bits per heavy atom. The van der Waals surface area contributed by atoms with Gasteiger partial charge in [0, 0.05) is 35.1 Å². The highest BCUT2D eigenvalue weighted by Crippen LogP contribution is 2.29. The van der Waals surface area contributed by atoms with Crippen LogP contribution in [0.15, 0.2) is 42.7 Å². The van der Waals surface area contributed by atoms with Crippen molar-refractivity contribution in [1.82, 2.24) is 4.98 Å². The molecule has 92 valence electrons. The van der Waals surface area contributed by atoms with Gasteiger partial charge in [-0.2, -0.15) is 0 Å². The quantitative estimate of drug-likeness (QED) is 0.916. The molecule has 2 rings (SSSR count). The lowest BCUT2D eigenvalue weighted by atomic mass is 10.0. The van der Waals surface area contributed by atoms with Crippen LogP contribution < -0.4 is 5.73 Å². The fraction of sp³-hybridized carbons (Fsp3) is 0.0833. The highest BCUT2D eigenvalue weighted by Gasteiger charge is 2.06. The molecule has 5 heteroatoms. The molecule has 2 nitrogen and oxygen atoms in total. The largest absolute Gasteiger partial charge is 0.326 e. The molecular weight excluding hydrogens is 279 g/mol. The molecule has 0 aliphatic carbocycles. The van der Waals surface area contributed by atoms with Gasteiger partial charge in [0.1, 0.15) is 0 Å². The summed E-state index contributed by atoms with van der Waals surface area (Å²) in [5, 5.41) is 0.722. The van der Waals surface area contributed by atoms with E-state index < -0.39 is 0 Å². The van der Waals surface area contributed by atoms with Crippen LogP contribution in [0.2, 0.25) is 5.02 Å². The van der Waals surface area contributed by atoms with Crippen LogP contribution in [0.3, 0.4) is 0 Å². The van der Waals surface area contributed by atoms with E-state index in [1.807, 2.05) is 30.3 Å². The topological polar surface area (TPSA) is 38.9 Å². The third-order valence-corrected chi connectivity index (χ3v) is 2.62. The van der Waals surface area contributed by atoms with Crippen molar-refractivity contribution in [3.8, 4) is 11.1 Å². The number of benzene rings is 1. The molecule has 0 atom stereocenters. The van der Waals surface area contributed by atoms with Crippen molar-refractivity contribution in [2.75, 3.05) is 0 Å². The van der Waals surface area contributed by atoms with Gasteiger partial charge in [-0.25, -0.2) is 0 Å². The first-order chi connectivity index (χ1) is 7.33. The number of nitrogens with zero attached hydrogens (tertiary/aromatic N) is 1. The van der Waals surface area contributed by atoms with Crippen LogP contribution in [-0.2, 0) is 6.54 Å². The van der Waals surface area contributed by atoms with Gasteiger partial charge in [-0.05, 0) is 17.7 Å². The monoisotopic (exact) mass is 290 g/mol. The molecule has 1 aromatic heterocycles. The van der Waals surface area contributed by atoms with Gasteiger partial charge in [-0.1, -0.05) is 29.8 Å². The third kappa shape index (κ3) is 3.58. The Morgan fingerprint density at radius 2 is 1.76 bits per heavy atom. The van der Waals surface area contributed by atoms with Crippen LogP contribution in [0.5, 0.6) is 0 Å². The number of nitrogens with two attached hydrogens (primary N) is 1. The molecule has 0 bridgehead atoms. The van der Waals surface area contributed by atoms with Crippen molar-refractivity contribution in [2.24, 2.45) is 5.73 Å². The lowest BCUT2D eigenvalue weighted by Crippen LogP contribution is -1.99. The van der Waals surface area contributed by atoms with Gasteiger partial charge in [-0.3, -0.25) is 4.98 Å². The minimum absolute atomic E-state index is 0.